The molecule has 3 N–H and O–H groups in total. The number of rotatable bonds is 5. The smallest absolute Gasteiger partial charge is 0.0481 e. The molecule has 1 fully saturated rings. The van der Waals surface area contributed by atoms with Crippen LogP contribution in [0.4, 0.5) is 0 Å². The Morgan fingerprint density at radius 2 is 2.21 bits per heavy atom. The zero-order chi connectivity index (χ0) is 13.7. The van der Waals surface area contributed by atoms with Crippen LogP contribution >= 0.6 is 15.9 Å². The van der Waals surface area contributed by atoms with Crippen LogP contribution < -0.4 is 5.73 Å². The summed E-state index contributed by atoms with van der Waals surface area (Å²) in [5.41, 5.74) is 7.28. The van der Waals surface area contributed by atoms with Crippen LogP contribution in [0.3, 0.4) is 0 Å². The number of piperidine rings is 1. The molecule has 1 aliphatic rings. The predicted octanol–water partition coefficient (Wildman–Crippen LogP) is 2.54. The number of nitrogens with two attached hydrogens (primary N) is 1. The highest BCUT2D eigenvalue weighted by Gasteiger charge is 2.26. The monoisotopic (exact) mass is 326 g/mol. The van der Waals surface area contributed by atoms with E-state index in [0.29, 0.717) is 19.1 Å². The zero-order valence-electron chi connectivity index (χ0n) is 11.3. The summed E-state index contributed by atoms with van der Waals surface area (Å²) < 4.78 is 1.13. The maximum atomic E-state index is 9.11. The number of nitrogens with zero attached hydrogens (tertiary/aromatic N) is 1. The van der Waals surface area contributed by atoms with Crippen LogP contribution in [0.2, 0.25) is 0 Å². The molecule has 19 heavy (non-hydrogen) atoms. The van der Waals surface area contributed by atoms with Gasteiger partial charge in [-0.15, -0.1) is 0 Å². The third-order valence-electron chi connectivity index (χ3n) is 4.02. The molecule has 1 saturated heterocycles. The van der Waals surface area contributed by atoms with Crippen LogP contribution in [0.5, 0.6) is 0 Å². The largest absolute Gasteiger partial charge is 0.396 e. The van der Waals surface area contributed by atoms with E-state index < -0.39 is 0 Å². The minimum atomic E-state index is 0.275. The Balaban J connectivity index is 2.11. The molecule has 0 aromatic heterocycles. The molecule has 1 aromatic rings. The summed E-state index contributed by atoms with van der Waals surface area (Å²) in [5.74, 6) is 0.607. The molecule has 0 spiro atoms. The highest BCUT2D eigenvalue weighted by molar-refractivity contribution is 9.10. The SMILES string of the molecule is NCC(c1ccccc1Br)N1CCCC(CCO)C1. The molecule has 4 heteroatoms. The van der Waals surface area contributed by atoms with Crippen LogP contribution in [0, 0.1) is 5.92 Å². The summed E-state index contributed by atoms with van der Waals surface area (Å²) in [5, 5.41) is 9.11. The normalized spacial score (nSPS) is 22.4. The van der Waals surface area contributed by atoms with Crippen LogP contribution in [0.25, 0.3) is 0 Å². The van der Waals surface area contributed by atoms with Crippen molar-refractivity contribution in [3.63, 3.8) is 0 Å². The summed E-state index contributed by atoms with van der Waals surface area (Å²) in [6, 6.07) is 8.60. The Morgan fingerprint density at radius 3 is 2.89 bits per heavy atom. The lowest BCUT2D eigenvalue weighted by molar-refractivity contribution is 0.110. The van der Waals surface area contributed by atoms with E-state index in [1.54, 1.807) is 0 Å². The second-order valence-corrected chi connectivity index (χ2v) is 6.14. The third kappa shape index (κ3) is 3.78. The van der Waals surface area contributed by atoms with Gasteiger partial charge in [-0.05, 0) is 43.4 Å². The second-order valence-electron chi connectivity index (χ2n) is 5.29. The van der Waals surface area contributed by atoms with Crippen molar-refractivity contribution < 1.29 is 5.11 Å². The molecule has 2 rings (SSSR count). The maximum Gasteiger partial charge on any atom is 0.0481 e. The Morgan fingerprint density at radius 1 is 1.42 bits per heavy atom. The third-order valence-corrected chi connectivity index (χ3v) is 4.74. The van der Waals surface area contributed by atoms with E-state index >= 15 is 0 Å². The van der Waals surface area contributed by atoms with Crippen molar-refractivity contribution in [1.82, 2.24) is 4.90 Å². The van der Waals surface area contributed by atoms with Crippen molar-refractivity contribution in [3.8, 4) is 0 Å². The summed E-state index contributed by atoms with van der Waals surface area (Å²) in [7, 11) is 0. The highest BCUT2D eigenvalue weighted by atomic mass is 79.9. The van der Waals surface area contributed by atoms with Gasteiger partial charge in [0.15, 0.2) is 0 Å². The Bertz CT molecular complexity index is 397. The number of likely N-dealkylation sites (tertiary alicyclic amines) is 1. The minimum Gasteiger partial charge on any atom is -0.396 e. The van der Waals surface area contributed by atoms with E-state index in [0.717, 1.165) is 24.0 Å². The topological polar surface area (TPSA) is 49.5 Å². The Kier molecular flexibility index (Phi) is 5.82. The number of aliphatic hydroxyl groups excluding tert-OH is 1. The van der Waals surface area contributed by atoms with Gasteiger partial charge >= 0.3 is 0 Å². The maximum absolute atomic E-state index is 9.11. The van der Waals surface area contributed by atoms with Gasteiger partial charge in [-0.25, -0.2) is 0 Å². The molecule has 1 heterocycles. The lowest BCUT2D eigenvalue weighted by Crippen LogP contribution is -2.41. The number of hydrogen-bond acceptors (Lipinski definition) is 3. The summed E-state index contributed by atoms with van der Waals surface area (Å²) >= 11 is 3.63. The quantitative estimate of drug-likeness (QED) is 0.874. The van der Waals surface area contributed by atoms with Gasteiger partial charge in [0.1, 0.15) is 0 Å². The first kappa shape index (κ1) is 15.0. The zero-order valence-corrected chi connectivity index (χ0v) is 12.8. The fraction of sp³-hybridized carbons (Fsp3) is 0.600. The summed E-state index contributed by atoms with van der Waals surface area (Å²) in [4.78, 5) is 2.48. The number of halogens is 1. The van der Waals surface area contributed by atoms with Gasteiger partial charge in [0.05, 0.1) is 0 Å². The second kappa shape index (κ2) is 7.39. The van der Waals surface area contributed by atoms with E-state index in [9.17, 15) is 0 Å². The molecule has 0 aliphatic carbocycles. The molecular weight excluding hydrogens is 304 g/mol. The first-order valence-electron chi connectivity index (χ1n) is 7.05. The number of hydrogen-bond donors (Lipinski definition) is 2. The van der Waals surface area contributed by atoms with Gasteiger partial charge in [0, 0.05) is 30.2 Å². The van der Waals surface area contributed by atoms with Crippen molar-refractivity contribution in [2.24, 2.45) is 11.7 Å². The fourth-order valence-electron chi connectivity index (χ4n) is 3.02. The van der Waals surface area contributed by atoms with Crippen LogP contribution in [0.1, 0.15) is 30.9 Å². The van der Waals surface area contributed by atoms with E-state index in [1.807, 2.05) is 6.07 Å². The summed E-state index contributed by atoms with van der Waals surface area (Å²) in [6.07, 6.45) is 3.33. The average molecular weight is 327 g/mol. The van der Waals surface area contributed by atoms with Gasteiger partial charge in [0.2, 0.25) is 0 Å². The van der Waals surface area contributed by atoms with Gasteiger partial charge in [-0.3, -0.25) is 4.90 Å². The first-order chi connectivity index (χ1) is 9.26. The van der Waals surface area contributed by atoms with Crippen molar-refractivity contribution in [3.05, 3.63) is 34.3 Å². The van der Waals surface area contributed by atoms with Crippen LogP contribution in [-0.4, -0.2) is 36.2 Å². The first-order valence-corrected chi connectivity index (χ1v) is 7.85. The van der Waals surface area contributed by atoms with E-state index in [1.165, 1.54) is 18.4 Å². The number of benzene rings is 1. The molecule has 106 valence electrons. The van der Waals surface area contributed by atoms with Crippen molar-refractivity contribution in [2.75, 3.05) is 26.2 Å². The molecule has 0 radical (unpaired) electrons. The molecule has 0 bridgehead atoms. The van der Waals surface area contributed by atoms with E-state index in [2.05, 4.69) is 39.0 Å². The summed E-state index contributed by atoms with van der Waals surface area (Å²) in [6.45, 7) is 3.07. The van der Waals surface area contributed by atoms with Gasteiger partial charge in [0.25, 0.3) is 0 Å². The average Bonchev–Trinajstić information content (AvgIpc) is 2.43. The van der Waals surface area contributed by atoms with Gasteiger partial charge in [-0.2, -0.15) is 0 Å². The fourth-order valence-corrected chi connectivity index (χ4v) is 3.57. The van der Waals surface area contributed by atoms with Crippen LogP contribution in [0.15, 0.2) is 28.7 Å². The van der Waals surface area contributed by atoms with Crippen molar-refractivity contribution in [1.29, 1.82) is 0 Å². The molecule has 2 unspecified atom stereocenters. The minimum absolute atomic E-state index is 0.275. The van der Waals surface area contributed by atoms with Crippen LogP contribution in [-0.2, 0) is 0 Å². The molecule has 3 nitrogen and oxygen atoms in total. The molecule has 1 aliphatic heterocycles. The number of aliphatic hydroxyl groups is 1. The van der Waals surface area contributed by atoms with Gasteiger partial charge in [-0.1, -0.05) is 34.1 Å². The van der Waals surface area contributed by atoms with Crippen molar-refractivity contribution >= 4 is 15.9 Å². The standard InChI is InChI=1S/C15H23BrN2O/c16-14-6-2-1-5-13(14)15(10-17)18-8-3-4-12(11-18)7-9-19/h1-2,5-6,12,15,19H,3-4,7-11,17H2. The van der Waals surface area contributed by atoms with E-state index in [4.69, 9.17) is 10.8 Å². The molecule has 1 aromatic carbocycles. The molecule has 0 amide bonds. The predicted molar refractivity (Wildman–Crippen MR) is 81.9 cm³/mol. The van der Waals surface area contributed by atoms with Crippen molar-refractivity contribution in [2.45, 2.75) is 25.3 Å². The molecule has 2 atom stereocenters. The Hall–Kier alpha value is -0.420. The molecular formula is C15H23BrN2O. The highest BCUT2D eigenvalue weighted by Crippen LogP contribution is 2.31. The lowest BCUT2D eigenvalue weighted by Gasteiger charge is -2.38. The Labute approximate surface area is 123 Å². The molecule has 0 saturated carbocycles. The lowest BCUT2D eigenvalue weighted by atomic mass is 9.92. The van der Waals surface area contributed by atoms with Gasteiger partial charge < -0.3 is 10.8 Å². The van der Waals surface area contributed by atoms with E-state index in [-0.39, 0.29) is 6.04 Å².